The Hall–Kier alpha value is -3.74. The summed E-state index contributed by atoms with van der Waals surface area (Å²) in [5.41, 5.74) is 2.80. The van der Waals surface area contributed by atoms with E-state index in [1.165, 1.54) is 4.68 Å². The second-order valence-corrected chi connectivity index (χ2v) is 6.52. The first kappa shape index (κ1) is 18.6. The van der Waals surface area contributed by atoms with Crippen LogP contribution in [0.1, 0.15) is 24.0 Å². The highest BCUT2D eigenvalue weighted by atomic mass is 16.5. The fraction of sp³-hybridized carbons (Fsp3) is 0.182. The summed E-state index contributed by atoms with van der Waals surface area (Å²) in [7, 11) is 0. The molecule has 0 spiro atoms. The fourth-order valence-electron chi connectivity index (χ4n) is 3.17. The van der Waals surface area contributed by atoms with Crippen molar-refractivity contribution in [3.63, 3.8) is 0 Å². The van der Waals surface area contributed by atoms with Crippen LogP contribution in [-0.4, -0.2) is 32.3 Å². The van der Waals surface area contributed by atoms with Gasteiger partial charge in [-0.25, -0.2) is 9.67 Å². The van der Waals surface area contributed by atoms with Gasteiger partial charge in [-0.3, -0.25) is 4.79 Å². The van der Waals surface area contributed by atoms with E-state index in [-0.39, 0.29) is 5.56 Å². The Balaban J connectivity index is 1.83. The molecule has 0 radical (unpaired) electrons. The molecule has 0 aliphatic heterocycles. The molecule has 2 aromatic carbocycles. The highest BCUT2D eigenvalue weighted by Crippen LogP contribution is 2.24. The summed E-state index contributed by atoms with van der Waals surface area (Å²) in [5, 5.41) is 9.55. The van der Waals surface area contributed by atoms with Crippen LogP contribution in [-0.2, 0) is 0 Å². The highest BCUT2D eigenvalue weighted by molar-refractivity contribution is 5.85. The van der Waals surface area contributed by atoms with Gasteiger partial charge in [0.05, 0.1) is 40.7 Å². The van der Waals surface area contributed by atoms with Gasteiger partial charge in [0.1, 0.15) is 5.82 Å². The number of ether oxygens (including phenoxy) is 1. The second kappa shape index (κ2) is 7.71. The van der Waals surface area contributed by atoms with Crippen molar-refractivity contribution in [1.29, 1.82) is 0 Å². The van der Waals surface area contributed by atoms with Gasteiger partial charge >= 0.3 is 0 Å². The highest BCUT2D eigenvalue weighted by Gasteiger charge is 2.17. The summed E-state index contributed by atoms with van der Waals surface area (Å²) >= 11 is 0. The summed E-state index contributed by atoms with van der Waals surface area (Å²) in [5.74, 6) is 1.09. The molecule has 4 rings (SSSR count). The van der Waals surface area contributed by atoms with Gasteiger partial charge in [-0.2, -0.15) is 14.9 Å². The normalized spacial score (nSPS) is 11.4. The van der Waals surface area contributed by atoms with Crippen molar-refractivity contribution in [2.45, 2.75) is 20.8 Å². The van der Waals surface area contributed by atoms with Gasteiger partial charge in [0.15, 0.2) is 0 Å². The van der Waals surface area contributed by atoms with Gasteiger partial charge < -0.3 is 4.74 Å². The molecule has 29 heavy (non-hydrogen) atoms. The summed E-state index contributed by atoms with van der Waals surface area (Å²) in [6.07, 6.45) is 1.61. The van der Waals surface area contributed by atoms with Crippen LogP contribution in [0.4, 0.5) is 0 Å². The third-order valence-electron chi connectivity index (χ3n) is 4.56. The van der Waals surface area contributed by atoms with Crippen LogP contribution in [0.15, 0.2) is 64.5 Å². The molecule has 0 saturated carbocycles. The number of aryl methyl sites for hydroxylation is 2. The third kappa shape index (κ3) is 3.42. The number of hydrogen-bond acceptors (Lipinski definition) is 5. The third-order valence-corrected chi connectivity index (χ3v) is 4.56. The number of hydrogen-bond donors (Lipinski definition) is 0. The Morgan fingerprint density at radius 1 is 1.07 bits per heavy atom. The Labute approximate surface area is 167 Å². The van der Waals surface area contributed by atoms with Gasteiger partial charge in [0.2, 0.25) is 5.88 Å². The van der Waals surface area contributed by atoms with Gasteiger partial charge in [0.25, 0.3) is 5.56 Å². The molecule has 2 heterocycles. The van der Waals surface area contributed by atoms with Crippen molar-refractivity contribution < 1.29 is 4.74 Å². The quantitative estimate of drug-likeness (QED) is 0.492. The van der Waals surface area contributed by atoms with E-state index in [0.717, 1.165) is 16.9 Å². The minimum Gasteiger partial charge on any atom is -0.477 e. The van der Waals surface area contributed by atoms with E-state index >= 15 is 0 Å². The first-order valence-electron chi connectivity index (χ1n) is 9.40. The molecule has 7 nitrogen and oxygen atoms in total. The van der Waals surface area contributed by atoms with Crippen LogP contribution >= 0.6 is 0 Å². The van der Waals surface area contributed by atoms with Crippen molar-refractivity contribution in [3.05, 3.63) is 82.0 Å². The molecule has 0 aliphatic rings. The van der Waals surface area contributed by atoms with E-state index in [1.807, 2.05) is 62.4 Å². The molecule has 4 aromatic rings. The van der Waals surface area contributed by atoms with Crippen molar-refractivity contribution in [2.75, 3.05) is 6.61 Å². The molecule has 0 aliphatic carbocycles. The average Bonchev–Trinajstić information content (AvgIpc) is 3.04. The second-order valence-electron chi connectivity index (χ2n) is 6.52. The summed E-state index contributed by atoms with van der Waals surface area (Å²) in [6.45, 7) is 6.04. The Bertz CT molecular complexity index is 1260. The van der Waals surface area contributed by atoms with Gasteiger partial charge in [-0.1, -0.05) is 30.3 Å². The lowest BCUT2D eigenvalue weighted by molar-refractivity contribution is 0.316. The minimum absolute atomic E-state index is 0.213. The SMILES string of the molecule is CCOc1c(/C=N/n2c(C)nc3ccccc3c2=O)c(C)nn1-c1ccccc1. The lowest BCUT2D eigenvalue weighted by Gasteiger charge is -2.09. The molecule has 2 aromatic heterocycles. The molecule has 0 fully saturated rings. The fourth-order valence-corrected chi connectivity index (χ4v) is 3.17. The average molecular weight is 387 g/mol. The van der Waals surface area contributed by atoms with Crippen LogP contribution in [0.2, 0.25) is 0 Å². The predicted molar refractivity (Wildman–Crippen MR) is 113 cm³/mol. The molecule has 0 amide bonds. The van der Waals surface area contributed by atoms with E-state index in [0.29, 0.717) is 29.2 Å². The zero-order valence-corrected chi connectivity index (χ0v) is 16.5. The van der Waals surface area contributed by atoms with E-state index in [9.17, 15) is 4.79 Å². The summed E-state index contributed by atoms with van der Waals surface area (Å²) < 4.78 is 8.92. The molecular formula is C22H21N5O2. The lowest BCUT2D eigenvalue weighted by atomic mass is 10.2. The molecule has 146 valence electrons. The number of rotatable bonds is 5. The van der Waals surface area contributed by atoms with Crippen LogP contribution < -0.4 is 10.3 Å². The smallest absolute Gasteiger partial charge is 0.282 e. The van der Waals surface area contributed by atoms with Crippen molar-refractivity contribution >= 4 is 17.1 Å². The molecule has 0 bridgehead atoms. The zero-order valence-electron chi connectivity index (χ0n) is 16.5. The molecule has 7 heteroatoms. The predicted octanol–water partition coefficient (Wildman–Crippen LogP) is 3.48. The van der Waals surface area contributed by atoms with Crippen molar-refractivity contribution in [2.24, 2.45) is 5.10 Å². The molecule has 0 saturated heterocycles. The Kier molecular flexibility index (Phi) is 4.95. The number of benzene rings is 2. The summed E-state index contributed by atoms with van der Waals surface area (Å²) in [4.78, 5) is 17.3. The van der Waals surface area contributed by atoms with E-state index in [1.54, 1.807) is 23.9 Å². The largest absolute Gasteiger partial charge is 0.477 e. The van der Waals surface area contributed by atoms with E-state index < -0.39 is 0 Å². The molecule has 0 N–H and O–H groups in total. The maximum atomic E-state index is 12.8. The minimum atomic E-state index is -0.213. The Morgan fingerprint density at radius 3 is 2.55 bits per heavy atom. The van der Waals surface area contributed by atoms with E-state index in [2.05, 4.69) is 15.2 Å². The van der Waals surface area contributed by atoms with E-state index in [4.69, 9.17) is 4.74 Å². The molecule has 0 unspecified atom stereocenters. The maximum absolute atomic E-state index is 12.8. The molecule has 0 atom stereocenters. The number of nitrogens with zero attached hydrogens (tertiary/aromatic N) is 5. The summed E-state index contributed by atoms with van der Waals surface area (Å²) in [6, 6.07) is 17.0. The maximum Gasteiger partial charge on any atom is 0.282 e. The van der Waals surface area contributed by atoms with Crippen LogP contribution in [0, 0.1) is 13.8 Å². The van der Waals surface area contributed by atoms with Gasteiger partial charge in [-0.05, 0) is 45.0 Å². The van der Waals surface area contributed by atoms with Crippen molar-refractivity contribution in [3.8, 4) is 11.6 Å². The number of aromatic nitrogens is 4. The zero-order chi connectivity index (χ0) is 20.4. The molecular weight excluding hydrogens is 366 g/mol. The van der Waals surface area contributed by atoms with Crippen molar-refractivity contribution in [1.82, 2.24) is 19.4 Å². The Morgan fingerprint density at radius 2 is 1.79 bits per heavy atom. The van der Waals surface area contributed by atoms with Gasteiger partial charge in [-0.15, -0.1) is 0 Å². The van der Waals surface area contributed by atoms with Gasteiger partial charge in [0, 0.05) is 0 Å². The topological polar surface area (TPSA) is 74.3 Å². The first-order valence-corrected chi connectivity index (χ1v) is 9.40. The number of fused-ring (bicyclic) bond motifs is 1. The number of para-hydroxylation sites is 2. The van der Waals surface area contributed by atoms with Crippen LogP contribution in [0.25, 0.3) is 16.6 Å². The first-order chi connectivity index (χ1) is 14.1. The van der Waals surface area contributed by atoms with Crippen LogP contribution in [0.3, 0.4) is 0 Å². The standard InChI is InChI=1S/C22H21N5O2/c1-4-29-22-19(15(2)25-27(22)17-10-6-5-7-11-17)14-23-26-16(3)24-20-13-9-8-12-18(20)21(26)28/h5-14H,4H2,1-3H3/b23-14+. The lowest BCUT2D eigenvalue weighted by Crippen LogP contribution is -2.20. The van der Waals surface area contributed by atoms with Crippen LogP contribution in [0.5, 0.6) is 5.88 Å². The monoisotopic (exact) mass is 387 g/mol.